The molecule has 1 unspecified atom stereocenters. The summed E-state index contributed by atoms with van der Waals surface area (Å²) in [5.41, 5.74) is 3.82. The molecular formula is C16H13ClFN3. The second-order valence-corrected chi connectivity index (χ2v) is 5.09. The molecule has 21 heavy (non-hydrogen) atoms. The van der Waals surface area contributed by atoms with Gasteiger partial charge in [-0.25, -0.2) is 9.82 Å². The minimum absolute atomic E-state index is 0.331. The van der Waals surface area contributed by atoms with E-state index < -0.39 is 11.9 Å². The Bertz CT molecular complexity index is 766. The smallest absolute Gasteiger partial charge is 0.129 e. The normalized spacial score (nSPS) is 12.5. The molecule has 3 nitrogen and oxygen atoms in total. The number of nitrogens with zero attached hydrogens (tertiary/aromatic N) is 1. The van der Waals surface area contributed by atoms with Crippen molar-refractivity contribution in [3.8, 4) is 0 Å². The number of benzene rings is 2. The number of hydrogen-bond donors (Lipinski definition) is 2. The van der Waals surface area contributed by atoms with Gasteiger partial charge in [-0.1, -0.05) is 35.9 Å². The minimum Gasteiger partial charge on any atom is -0.271 e. The molecule has 0 aliphatic carbocycles. The first-order valence-electron chi connectivity index (χ1n) is 6.45. The van der Waals surface area contributed by atoms with E-state index in [1.54, 1.807) is 24.5 Å². The second-order valence-electron chi connectivity index (χ2n) is 4.68. The standard InChI is InChI=1S/C16H13ClFN3/c17-13-5-2-6-14(18)15(13)16(21-19)11-4-1-3-10-7-8-20-9-12(10)11/h1-9,16,21H,19H2. The third-order valence-electron chi connectivity index (χ3n) is 3.48. The van der Waals surface area contributed by atoms with Crippen LogP contribution in [0.1, 0.15) is 17.2 Å². The summed E-state index contributed by atoms with van der Waals surface area (Å²) in [6, 6.07) is 11.7. The number of hydrazine groups is 1. The number of hydrogen-bond acceptors (Lipinski definition) is 3. The van der Waals surface area contributed by atoms with Crippen molar-refractivity contribution in [2.45, 2.75) is 6.04 Å². The van der Waals surface area contributed by atoms with Gasteiger partial charge in [-0.15, -0.1) is 0 Å². The van der Waals surface area contributed by atoms with Crippen molar-refractivity contribution in [2.24, 2.45) is 5.84 Å². The van der Waals surface area contributed by atoms with Crippen LogP contribution >= 0.6 is 11.6 Å². The van der Waals surface area contributed by atoms with Crippen LogP contribution in [0.3, 0.4) is 0 Å². The molecule has 0 aliphatic heterocycles. The van der Waals surface area contributed by atoms with Crippen molar-refractivity contribution in [1.29, 1.82) is 0 Å². The Morgan fingerprint density at radius 2 is 1.95 bits per heavy atom. The first-order chi connectivity index (χ1) is 10.2. The fourth-order valence-corrected chi connectivity index (χ4v) is 2.78. The van der Waals surface area contributed by atoms with E-state index in [9.17, 15) is 4.39 Å². The highest BCUT2D eigenvalue weighted by Crippen LogP contribution is 2.33. The third-order valence-corrected chi connectivity index (χ3v) is 3.81. The van der Waals surface area contributed by atoms with E-state index in [4.69, 9.17) is 17.4 Å². The van der Waals surface area contributed by atoms with Crippen molar-refractivity contribution >= 4 is 22.4 Å². The summed E-state index contributed by atoms with van der Waals surface area (Å²) >= 11 is 6.15. The topological polar surface area (TPSA) is 50.9 Å². The molecule has 0 fully saturated rings. The molecule has 1 aromatic heterocycles. The number of aromatic nitrogens is 1. The lowest BCUT2D eigenvalue weighted by molar-refractivity contribution is 0.562. The molecule has 3 aromatic rings. The molecule has 3 N–H and O–H groups in total. The highest BCUT2D eigenvalue weighted by molar-refractivity contribution is 6.31. The summed E-state index contributed by atoms with van der Waals surface area (Å²) in [7, 11) is 0. The summed E-state index contributed by atoms with van der Waals surface area (Å²) in [6.45, 7) is 0. The van der Waals surface area contributed by atoms with Crippen LogP contribution in [0.15, 0.2) is 54.9 Å². The summed E-state index contributed by atoms with van der Waals surface area (Å²) < 4.78 is 14.2. The van der Waals surface area contributed by atoms with Crippen molar-refractivity contribution in [2.75, 3.05) is 0 Å². The number of nitrogens with one attached hydrogen (secondary N) is 1. The Balaban J connectivity index is 2.24. The average molecular weight is 302 g/mol. The Labute approximate surface area is 126 Å². The molecule has 0 radical (unpaired) electrons. The maximum absolute atomic E-state index is 14.2. The van der Waals surface area contributed by atoms with E-state index in [1.807, 2.05) is 24.3 Å². The molecule has 0 saturated carbocycles. The Morgan fingerprint density at radius 3 is 2.71 bits per heavy atom. The Hall–Kier alpha value is -2.01. The van der Waals surface area contributed by atoms with Gasteiger partial charge in [0.05, 0.1) is 6.04 Å². The molecule has 0 aliphatic rings. The largest absolute Gasteiger partial charge is 0.271 e. The summed E-state index contributed by atoms with van der Waals surface area (Å²) in [5.74, 6) is 5.27. The summed E-state index contributed by atoms with van der Waals surface area (Å²) in [5, 5.41) is 2.25. The highest BCUT2D eigenvalue weighted by Gasteiger charge is 2.21. The minimum atomic E-state index is -0.549. The molecule has 0 bridgehead atoms. The average Bonchev–Trinajstić information content (AvgIpc) is 2.51. The van der Waals surface area contributed by atoms with Crippen LogP contribution in [0.5, 0.6) is 0 Å². The molecule has 2 aromatic carbocycles. The van der Waals surface area contributed by atoms with Crippen LogP contribution in [0.25, 0.3) is 10.8 Å². The van der Waals surface area contributed by atoms with E-state index >= 15 is 0 Å². The summed E-state index contributed by atoms with van der Waals surface area (Å²) in [4.78, 5) is 4.13. The number of rotatable bonds is 3. The van der Waals surface area contributed by atoms with Gasteiger partial charge in [-0.3, -0.25) is 10.8 Å². The first kappa shape index (κ1) is 13.9. The molecular weight excluding hydrogens is 289 g/mol. The number of nitrogens with two attached hydrogens (primary N) is 1. The Morgan fingerprint density at radius 1 is 1.14 bits per heavy atom. The monoisotopic (exact) mass is 301 g/mol. The molecule has 3 rings (SSSR count). The van der Waals surface area contributed by atoms with E-state index in [0.717, 1.165) is 16.3 Å². The number of pyridine rings is 1. The summed E-state index contributed by atoms with van der Waals surface area (Å²) in [6.07, 6.45) is 3.46. The van der Waals surface area contributed by atoms with Crippen molar-refractivity contribution in [3.63, 3.8) is 0 Å². The zero-order valence-electron chi connectivity index (χ0n) is 11.1. The Kier molecular flexibility index (Phi) is 3.84. The molecule has 0 amide bonds. The van der Waals surface area contributed by atoms with Crippen LogP contribution in [0.2, 0.25) is 5.02 Å². The van der Waals surface area contributed by atoms with Gasteiger partial charge in [0.25, 0.3) is 0 Å². The number of halogens is 2. The van der Waals surface area contributed by atoms with Crippen molar-refractivity contribution in [3.05, 3.63) is 76.8 Å². The molecule has 5 heteroatoms. The van der Waals surface area contributed by atoms with Crippen molar-refractivity contribution in [1.82, 2.24) is 10.4 Å². The SMILES string of the molecule is NNC(c1c(F)cccc1Cl)c1cccc2ccncc12. The van der Waals surface area contributed by atoms with Crippen LogP contribution in [0, 0.1) is 5.82 Å². The van der Waals surface area contributed by atoms with E-state index in [-0.39, 0.29) is 0 Å². The quantitative estimate of drug-likeness (QED) is 0.574. The zero-order valence-corrected chi connectivity index (χ0v) is 11.8. The van der Waals surface area contributed by atoms with Crippen LogP contribution < -0.4 is 11.3 Å². The zero-order chi connectivity index (χ0) is 14.8. The fourth-order valence-electron chi connectivity index (χ4n) is 2.50. The van der Waals surface area contributed by atoms with Gasteiger partial charge in [0.1, 0.15) is 5.82 Å². The highest BCUT2D eigenvalue weighted by atomic mass is 35.5. The van der Waals surface area contributed by atoms with Gasteiger partial charge in [-0.05, 0) is 29.1 Å². The van der Waals surface area contributed by atoms with Crippen LogP contribution in [0.4, 0.5) is 4.39 Å². The fraction of sp³-hybridized carbons (Fsp3) is 0.0625. The van der Waals surface area contributed by atoms with E-state index in [0.29, 0.717) is 10.6 Å². The van der Waals surface area contributed by atoms with Gasteiger partial charge < -0.3 is 0 Å². The number of fused-ring (bicyclic) bond motifs is 1. The predicted molar refractivity (Wildman–Crippen MR) is 82.3 cm³/mol. The maximum Gasteiger partial charge on any atom is 0.129 e. The molecule has 1 heterocycles. The van der Waals surface area contributed by atoms with Gasteiger partial charge in [-0.2, -0.15) is 0 Å². The predicted octanol–water partition coefficient (Wildman–Crippen LogP) is 3.58. The van der Waals surface area contributed by atoms with Gasteiger partial charge in [0, 0.05) is 28.4 Å². The van der Waals surface area contributed by atoms with Crippen LogP contribution in [-0.4, -0.2) is 4.98 Å². The van der Waals surface area contributed by atoms with Crippen molar-refractivity contribution < 1.29 is 4.39 Å². The van der Waals surface area contributed by atoms with Crippen LogP contribution in [-0.2, 0) is 0 Å². The lowest BCUT2D eigenvalue weighted by atomic mass is 9.94. The first-order valence-corrected chi connectivity index (χ1v) is 6.83. The second kappa shape index (κ2) is 5.77. The van der Waals surface area contributed by atoms with Gasteiger partial charge in [0.15, 0.2) is 0 Å². The van der Waals surface area contributed by atoms with E-state index in [1.165, 1.54) is 6.07 Å². The molecule has 106 valence electrons. The van der Waals surface area contributed by atoms with Gasteiger partial charge >= 0.3 is 0 Å². The molecule has 0 saturated heterocycles. The third kappa shape index (κ3) is 2.49. The molecule has 1 atom stereocenters. The lowest BCUT2D eigenvalue weighted by Crippen LogP contribution is -2.30. The molecule has 0 spiro atoms. The lowest BCUT2D eigenvalue weighted by Gasteiger charge is -2.20. The van der Waals surface area contributed by atoms with Gasteiger partial charge in [0.2, 0.25) is 0 Å². The van der Waals surface area contributed by atoms with E-state index in [2.05, 4.69) is 10.4 Å². The maximum atomic E-state index is 14.2.